The molecule has 2 heterocycles. The lowest BCUT2D eigenvalue weighted by Gasteiger charge is -2.31. The number of rotatable bonds is 3. The molecule has 0 bridgehead atoms. The number of halogens is 2. The summed E-state index contributed by atoms with van der Waals surface area (Å²) >= 11 is 0. The number of benzene rings is 1. The maximum absolute atomic E-state index is 13.8. The molecule has 0 atom stereocenters. The molecule has 1 aromatic heterocycles. The van der Waals surface area contributed by atoms with Crippen LogP contribution in [0.3, 0.4) is 0 Å². The highest BCUT2D eigenvalue weighted by Gasteiger charge is 2.18. The Labute approximate surface area is 134 Å². The molecule has 4 nitrogen and oxygen atoms in total. The van der Waals surface area contributed by atoms with Gasteiger partial charge in [-0.05, 0) is 37.8 Å². The summed E-state index contributed by atoms with van der Waals surface area (Å²) in [6.07, 6.45) is 2.27. The van der Waals surface area contributed by atoms with Gasteiger partial charge in [-0.15, -0.1) is 0 Å². The van der Waals surface area contributed by atoms with Crippen molar-refractivity contribution in [3.63, 3.8) is 0 Å². The number of nitrogens with one attached hydrogen (secondary N) is 1. The molecule has 0 aliphatic carbocycles. The number of hydrogen-bond donors (Lipinski definition) is 1. The first kappa shape index (κ1) is 15.6. The highest BCUT2D eigenvalue weighted by Crippen LogP contribution is 2.24. The molecule has 122 valence electrons. The molecule has 3 rings (SSSR count). The fourth-order valence-electron chi connectivity index (χ4n) is 2.72. The summed E-state index contributed by atoms with van der Waals surface area (Å²) in [7, 11) is 0. The molecular weight excluding hydrogens is 298 g/mol. The van der Waals surface area contributed by atoms with E-state index in [2.05, 4.69) is 27.1 Å². The summed E-state index contributed by atoms with van der Waals surface area (Å²) in [6.45, 7) is 6.06. The summed E-state index contributed by atoms with van der Waals surface area (Å²) < 4.78 is 26.7. The van der Waals surface area contributed by atoms with Crippen LogP contribution in [-0.2, 0) is 0 Å². The van der Waals surface area contributed by atoms with Crippen LogP contribution in [-0.4, -0.2) is 23.1 Å². The first-order valence-electron chi connectivity index (χ1n) is 7.84. The van der Waals surface area contributed by atoms with E-state index in [1.807, 2.05) is 13.0 Å². The van der Waals surface area contributed by atoms with Gasteiger partial charge in [0.15, 0.2) is 0 Å². The van der Waals surface area contributed by atoms with E-state index >= 15 is 0 Å². The van der Waals surface area contributed by atoms with Crippen LogP contribution in [0.2, 0.25) is 0 Å². The highest BCUT2D eigenvalue weighted by atomic mass is 19.1. The monoisotopic (exact) mass is 318 g/mol. The van der Waals surface area contributed by atoms with E-state index in [9.17, 15) is 8.78 Å². The van der Waals surface area contributed by atoms with Gasteiger partial charge in [-0.25, -0.2) is 13.8 Å². The number of piperidine rings is 1. The second-order valence-electron chi connectivity index (χ2n) is 6.11. The molecule has 2 aromatic rings. The number of aromatic nitrogens is 2. The van der Waals surface area contributed by atoms with Crippen molar-refractivity contribution in [2.24, 2.45) is 5.92 Å². The molecule has 1 aromatic carbocycles. The molecule has 23 heavy (non-hydrogen) atoms. The van der Waals surface area contributed by atoms with Gasteiger partial charge in [-0.3, -0.25) is 0 Å². The minimum absolute atomic E-state index is 0.162. The Hall–Kier alpha value is -2.24. The number of nitrogens with zero attached hydrogens (tertiary/aromatic N) is 3. The molecule has 1 N–H and O–H groups in total. The van der Waals surface area contributed by atoms with Crippen LogP contribution in [0.25, 0.3) is 0 Å². The van der Waals surface area contributed by atoms with Crippen LogP contribution in [0.4, 0.5) is 26.2 Å². The molecule has 0 saturated carbocycles. The van der Waals surface area contributed by atoms with Gasteiger partial charge in [0, 0.05) is 30.9 Å². The van der Waals surface area contributed by atoms with Crippen LogP contribution < -0.4 is 10.2 Å². The zero-order chi connectivity index (χ0) is 16.4. The van der Waals surface area contributed by atoms with E-state index in [0.29, 0.717) is 5.95 Å². The third kappa shape index (κ3) is 3.75. The van der Waals surface area contributed by atoms with Crippen LogP contribution in [0.5, 0.6) is 0 Å². The lowest BCUT2D eigenvalue weighted by molar-refractivity contribution is 0.436. The number of aryl methyl sites for hydroxylation is 1. The Bertz CT molecular complexity index is 697. The molecule has 1 fully saturated rings. The molecule has 1 aliphatic heterocycles. The van der Waals surface area contributed by atoms with E-state index in [0.717, 1.165) is 49.4 Å². The maximum atomic E-state index is 13.8. The number of anilines is 3. The molecule has 0 spiro atoms. The van der Waals surface area contributed by atoms with Gasteiger partial charge >= 0.3 is 0 Å². The third-order valence-corrected chi connectivity index (χ3v) is 4.13. The Morgan fingerprint density at radius 3 is 2.57 bits per heavy atom. The standard InChI is InChI=1S/C17H20F2N4/c1-11-5-7-23(8-6-11)16-9-12(2)20-17(22-16)21-15-4-3-13(18)10-14(15)19/h3-4,9-11H,5-8H2,1-2H3,(H,20,21,22). The van der Waals surface area contributed by atoms with E-state index in [4.69, 9.17) is 0 Å². The van der Waals surface area contributed by atoms with E-state index in [1.54, 1.807) is 0 Å². The van der Waals surface area contributed by atoms with Gasteiger partial charge in [0.1, 0.15) is 17.5 Å². The summed E-state index contributed by atoms with van der Waals surface area (Å²) in [5.41, 5.74) is 0.967. The van der Waals surface area contributed by atoms with Crippen molar-refractivity contribution in [3.05, 3.63) is 41.6 Å². The van der Waals surface area contributed by atoms with Gasteiger partial charge in [-0.1, -0.05) is 6.92 Å². The number of hydrogen-bond acceptors (Lipinski definition) is 4. The first-order valence-corrected chi connectivity index (χ1v) is 7.84. The SMILES string of the molecule is Cc1cc(N2CCC(C)CC2)nc(Nc2ccc(F)cc2F)n1. The Morgan fingerprint density at radius 2 is 1.87 bits per heavy atom. The molecule has 0 radical (unpaired) electrons. The second-order valence-corrected chi connectivity index (χ2v) is 6.11. The zero-order valence-electron chi connectivity index (χ0n) is 13.3. The lowest BCUT2D eigenvalue weighted by Crippen LogP contribution is -2.33. The summed E-state index contributed by atoms with van der Waals surface area (Å²) in [6, 6.07) is 5.32. The molecule has 0 unspecified atom stereocenters. The van der Waals surface area contributed by atoms with Crippen LogP contribution in [0, 0.1) is 24.5 Å². The topological polar surface area (TPSA) is 41.1 Å². The van der Waals surface area contributed by atoms with Crippen LogP contribution in [0.15, 0.2) is 24.3 Å². The van der Waals surface area contributed by atoms with Crippen molar-refractivity contribution in [1.29, 1.82) is 0 Å². The predicted molar refractivity (Wildman–Crippen MR) is 87.0 cm³/mol. The zero-order valence-corrected chi connectivity index (χ0v) is 13.3. The van der Waals surface area contributed by atoms with Crippen LogP contribution in [0.1, 0.15) is 25.5 Å². The molecule has 1 saturated heterocycles. The summed E-state index contributed by atoms with van der Waals surface area (Å²) in [5.74, 6) is 0.628. The average Bonchev–Trinajstić information content (AvgIpc) is 2.50. The minimum atomic E-state index is -0.663. The van der Waals surface area contributed by atoms with Gasteiger partial charge in [0.05, 0.1) is 5.69 Å². The van der Waals surface area contributed by atoms with Crippen molar-refractivity contribution >= 4 is 17.5 Å². The highest BCUT2D eigenvalue weighted by molar-refractivity contribution is 5.56. The molecular formula is C17H20F2N4. The van der Waals surface area contributed by atoms with Crippen molar-refractivity contribution in [2.45, 2.75) is 26.7 Å². The summed E-state index contributed by atoms with van der Waals surface area (Å²) in [4.78, 5) is 11.0. The molecule has 0 amide bonds. The normalized spacial score (nSPS) is 15.7. The second kappa shape index (κ2) is 6.48. The first-order chi connectivity index (χ1) is 11.0. The Balaban J connectivity index is 1.82. The van der Waals surface area contributed by atoms with E-state index < -0.39 is 11.6 Å². The largest absolute Gasteiger partial charge is 0.356 e. The Morgan fingerprint density at radius 1 is 1.13 bits per heavy atom. The van der Waals surface area contributed by atoms with Crippen molar-refractivity contribution in [2.75, 3.05) is 23.3 Å². The van der Waals surface area contributed by atoms with Crippen molar-refractivity contribution < 1.29 is 8.78 Å². The lowest BCUT2D eigenvalue weighted by atomic mass is 9.99. The van der Waals surface area contributed by atoms with Gasteiger partial charge in [0.2, 0.25) is 5.95 Å². The fourth-order valence-corrected chi connectivity index (χ4v) is 2.72. The van der Waals surface area contributed by atoms with E-state index in [-0.39, 0.29) is 5.69 Å². The predicted octanol–water partition coefficient (Wildman–Crippen LogP) is 4.04. The van der Waals surface area contributed by atoms with Gasteiger partial charge in [-0.2, -0.15) is 4.98 Å². The summed E-state index contributed by atoms with van der Waals surface area (Å²) in [5, 5.41) is 2.84. The minimum Gasteiger partial charge on any atom is -0.356 e. The quantitative estimate of drug-likeness (QED) is 0.927. The maximum Gasteiger partial charge on any atom is 0.229 e. The van der Waals surface area contributed by atoms with Crippen molar-refractivity contribution in [3.8, 4) is 0 Å². The third-order valence-electron chi connectivity index (χ3n) is 4.13. The smallest absolute Gasteiger partial charge is 0.229 e. The van der Waals surface area contributed by atoms with Crippen molar-refractivity contribution in [1.82, 2.24) is 9.97 Å². The molecule has 6 heteroatoms. The van der Waals surface area contributed by atoms with Crippen LogP contribution >= 0.6 is 0 Å². The van der Waals surface area contributed by atoms with E-state index in [1.165, 1.54) is 12.1 Å². The molecule has 1 aliphatic rings. The van der Waals surface area contributed by atoms with Gasteiger partial charge in [0.25, 0.3) is 0 Å². The fraction of sp³-hybridized carbons (Fsp3) is 0.412. The Kier molecular flexibility index (Phi) is 4.41. The van der Waals surface area contributed by atoms with Gasteiger partial charge < -0.3 is 10.2 Å². The average molecular weight is 318 g/mol.